The third-order valence-electron chi connectivity index (χ3n) is 3.03. The van der Waals surface area contributed by atoms with Gasteiger partial charge in [-0.15, -0.1) is 23.2 Å². The molecule has 5 heteroatoms. The lowest BCUT2D eigenvalue weighted by Crippen LogP contribution is -2.32. The second-order valence-corrected chi connectivity index (χ2v) is 4.50. The maximum atomic E-state index is 11.9. The van der Waals surface area contributed by atoms with Crippen LogP contribution in [-0.4, -0.2) is 17.8 Å². The van der Waals surface area contributed by atoms with Crippen molar-refractivity contribution in [2.75, 3.05) is 16.8 Å². The van der Waals surface area contributed by atoms with Crippen LogP contribution < -0.4 is 4.90 Å². The minimum absolute atomic E-state index is 0.0282. The predicted molar refractivity (Wildman–Crippen MR) is 78.8 cm³/mol. The van der Waals surface area contributed by atoms with E-state index >= 15 is 0 Å². The largest absolute Gasteiger partial charge is 0.297 e. The van der Waals surface area contributed by atoms with Gasteiger partial charge in [0.15, 0.2) is 0 Å². The molecule has 0 fully saturated rings. The van der Waals surface area contributed by atoms with Crippen LogP contribution >= 0.6 is 23.2 Å². The Labute approximate surface area is 123 Å². The number of carbonyl (C=O) groups excluding carboxylic acids is 1. The number of hydrogen-bond acceptors (Lipinski definition) is 2. The molecule has 0 aromatic heterocycles. The quantitative estimate of drug-likeness (QED) is 0.617. The molecule has 1 aromatic rings. The van der Waals surface area contributed by atoms with E-state index in [4.69, 9.17) is 23.2 Å². The summed E-state index contributed by atoms with van der Waals surface area (Å²) in [4.78, 5) is 13.4. The summed E-state index contributed by atoms with van der Waals surface area (Å²) in [7, 11) is 0. The molecule has 0 N–H and O–H groups in total. The van der Waals surface area contributed by atoms with Crippen molar-refractivity contribution in [3.63, 3.8) is 0 Å². The highest BCUT2D eigenvalue weighted by molar-refractivity contribution is 6.31. The van der Waals surface area contributed by atoms with E-state index in [1.807, 2.05) is 19.9 Å². The fourth-order valence-electron chi connectivity index (χ4n) is 2.09. The van der Waals surface area contributed by atoms with E-state index in [0.717, 1.165) is 23.2 Å². The molecule has 0 atom stereocenters. The Balaban J connectivity index is 3.52. The fourth-order valence-corrected chi connectivity index (χ4v) is 2.49. The number of hydrogen-bond donors (Lipinski definition) is 0. The highest BCUT2D eigenvalue weighted by atomic mass is 35.5. The molecule has 102 valence electrons. The lowest BCUT2D eigenvalue weighted by Gasteiger charge is -2.25. The van der Waals surface area contributed by atoms with E-state index < -0.39 is 0 Å². The third-order valence-corrected chi connectivity index (χ3v) is 3.49. The first kappa shape index (κ1) is 15.8. The van der Waals surface area contributed by atoms with Crippen LogP contribution in [0.25, 0.3) is 0 Å². The van der Waals surface area contributed by atoms with Crippen molar-refractivity contribution in [3.8, 4) is 6.07 Å². The zero-order valence-corrected chi connectivity index (χ0v) is 12.6. The molecule has 0 saturated heterocycles. The average Bonchev–Trinajstić information content (AvgIpc) is 2.46. The van der Waals surface area contributed by atoms with Crippen molar-refractivity contribution >= 4 is 34.8 Å². The first-order valence-corrected chi connectivity index (χ1v) is 7.18. The number of nitrogens with zero attached hydrogens (tertiary/aromatic N) is 2. The molecule has 19 heavy (non-hydrogen) atoms. The van der Waals surface area contributed by atoms with Gasteiger partial charge in [-0.2, -0.15) is 5.26 Å². The van der Waals surface area contributed by atoms with Crippen LogP contribution in [0, 0.1) is 11.3 Å². The molecule has 0 bridgehead atoms. The topological polar surface area (TPSA) is 44.1 Å². The van der Waals surface area contributed by atoms with Crippen molar-refractivity contribution in [1.29, 1.82) is 5.26 Å². The molecule has 0 aliphatic rings. The van der Waals surface area contributed by atoms with Gasteiger partial charge in [0.1, 0.15) is 11.9 Å². The van der Waals surface area contributed by atoms with Gasteiger partial charge in [-0.3, -0.25) is 9.69 Å². The number of rotatable bonds is 5. The Bertz CT molecular complexity index is 509. The maximum absolute atomic E-state index is 11.9. The van der Waals surface area contributed by atoms with E-state index in [-0.39, 0.29) is 17.8 Å². The van der Waals surface area contributed by atoms with E-state index in [9.17, 15) is 10.1 Å². The normalized spacial score (nSPS) is 10.1. The van der Waals surface area contributed by atoms with Crippen LogP contribution in [0.4, 0.5) is 5.69 Å². The zero-order chi connectivity index (χ0) is 14.4. The first-order chi connectivity index (χ1) is 9.14. The molecule has 0 heterocycles. The number of nitriles is 1. The van der Waals surface area contributed by atoms with Gasteiger partial charge in [0.2, 0.25) is 5.91 Å². The molecule has 0 aliphatic heterocycles. The van der Waals surface area contributed by atoms with Gasteiger partial charge >= 0.3 is 0 Å². The zero-order valence-electron chi connectivity index (χ0n) is 11.0. The van der Waals surface area contributed by atoms with Crippen molar-refractivity contribution < 1.29 is 4.79 Å². The second-order valence-electron chi connectivity index (χ2n) is 3.99. The molecular formula is C14H16Cl2N2O. The summed E-state index contributed by atoms with van der Waals surface area (Å²) in [5.74, 6) is -0.383. The summed E-state index contributed by atoms with van der Waals surface area (Å²) in [5.41, 5.74) is 3.16. The number of amides is 1. The van der Waals surface area contributed by atoms with Crippen LogP contribution in [0.5, 0.6) is 0 Å². The molecule has 0 aliphatic carbocycles. The summed E-state index contributed by atoms with van der Waals surface area (Å²) in [5, 5.41) is 9.18. The van der Waals surface area contributed by atoms with Crippen LogP contribution in [0.3, 0.4) is 0 Å². The number of anilines is 1. The SMILES string of the molecule is CCc1ccc(C#N)c(CC)c1N(CCl)C(=O)CCl. The number of benzene rings is 1. The molecule has 0 spiro atoms. The number of aryl methyl sites for hydroxylation is 1. The Kier molecular flexibility index (Phi) is 6.14. The van der Waals surface area contributed by atoms with Gasteiger partial charge in [-0.25, -0.2) is 0 Å². The Hall–Kier alpha value is -1.24. The van der Waals surface area contributed by atoms with E-state index in [0.29, 0.717) is 12.0 Å². The summed E-state index contributed by atoms with van der Waals surface area (Å²) >= 11 is 11.5. The molecular weight excluding hydrogens is 283 g/mol. The molecule has 0 radical (unpaired) electrons. The van der Waals surface area contributed by atoms with E-state index in [1.165, 1.54) is 4.90 Å². The standard InChI is InChI=1S/C14H16Cl2N2O/c1-3-10-5-6-11(8-17)12(4-2)14(10)18(9-16)13(19)7-15/h5-6H,3-4,7,9H2,1-2H3. The Morgan fingerprint density at radius 1 is 1.32 bits per heavy atom. The third kappa shape index (κ3) is 3.20. The van der Waals surface area contributed by atoms with Crippen LogP contribution in [0.1, 0.15) is 30.5 Å². The second kappa shape index (κ2) is 7.37. The Morgan fingerprint density at radius 3 is 2.42 bits per heavy atom. The van der Waals surface area contributed by atoms with Crippen molar-refractivity contribution in [2.45, 2.75) is 26.7 Å². The highest BCUT2D eigenvalue weighted by Crippen LogP contribution is 2.30. The lowest BCUT2D eigenvalue weighted by atomic mass is 9.97. The van der Waals surface area contributed by atoms with Gasteiger partial charge in [-0.1, -0.05) is 19.9 Å². The molecule has 3 nitrogen and oxygen atoms in total. The molecule has 0 saturated carbocycles. The van der Waals surface area contributed by atoms with E-state index in [1.54, 1.807) is 6.07 Å². The van der Waals surface area contributed by atoms with Gasteiger partial charge < -0.3 is 0 Å². The summed E-state index contributed by atoms with van der Waals surface area (Å²) in [6.45, 7) is 3.96. The van der Waals surface area contributed by atoms with Crippen LogP contribution in [0.2, 0.25) is 0 Å². The van der Waals surface area contributed by atoms with Crippen molar-refractivity contribution in [1.82, 2.24) is 0 Å². The summed E-state index contributed by atoms with van der Waals surface area (Å²) < 4.78 is 0. The predicted octanol–water partition coefficient (Wildman–Crippen LogP) is 3.45. The van der Waals surface area contributed by atoms with Crippen LogP contribution in [0.15, 0.2) is 12.1 Å². The minimum Gasteiger partial charge on any atom is -0.297 e. The van der Waals surface area contributed by atoms with Crippen molar-refractivity contribution in [2.24, 2.45) is 0 Å². The number of carbonyl (C=O) groups is 1. The average molecular weight is 299 g/mol. The van der Waals surface area contributed by atoms with Crippen LogP contribution in [-0.2, 0) is 17.6 Å². The highest BCUT2D eigenvalue weighted by Gasteiger charge is 2.21. The molecule has 1 amide bonds. The molecule has 0 unspecified atom stereocenters. The fraction of sp³-hybridized carbons (Fsp3) is 0.429. The van der Waals surface area contributed by atoms with Gasteiger partial charge in [0.25, 0.3) is 0 Å². The number of alkyl halides is 2. The monoisotopic (exact) mass is 298 g/mol. The minimum atomic E-state index is -0.254. The Morgan fingerprint density at radius 2 is 2.00 bits per heavy atom. The van der Waals surface area contributed by atoms with Crippen molar-refractivity contribution in [3.05, 3.63) is 28.8 Å². The molecule has 1 aromatic carbocycles. The lowest BCUT2D eigenvalue weighted by molar-refractivity contribution is -0.116. The summed E-state index contributed by atoms with van der Waals surface area (Å²) in [6, 6.07) is 5.85. The van der Waals surface area contributed by atoms with Gasteiger partial charge in [-0.05, 0) is 30.0 Å². The van der Waals surface area contributed by atoms with E-state index in [2.05, 4.69) is 6.07 Å². The summed E-state index contributed by atoms with van der Waals surface area (Å²) in [6.07, 6.45) is 1.42. The smallest absolute Gasteiger partial charge is 0.242 e. The van der Waals surface area contributed by atoms with Gasteiger partial charge in [0, 0.05) is 0 Å². The molecule has 1 rings (SSSR count). The van der Waals surface area contributed by atoms with Gasteiger partial charge in [0.05, 0.1) is 17.3 Å². The number of halogens is 2. The first-order valence-electron chi connectivity index (χ1n) is 6.11. The maximum Gasteiger partial charge on any atom is 0.242 e.